The van der Waals surface area contributed by atoms with Gasteiger partial charge in [0.1, 0.15) is 12.1 Å². The number of amides is 1. The van der Waals surface area contributed by atoms with Gasteiger partial charge < -0.3 is 10.2 Å². The van der Waals surface area contributed by atoms with Gasteiger partial charge in [0.25, 0.3) is 5.56 Å². The van der Waals surface area contributed by atoms with Crippen LogP contribution in [0.1, 0.15) is 31.4 Å². The predicted octanol–water partition coefficient (Wildman–Crippen LogP) is 4.53. The van der Waals surface area contributed by atoms with E-state index >= 15 is 0 Å². The van der Waals surface area contributed by atoms with Gasteiger partial charge in [0, 0.05) is 24.3 Å². The average Bonchev–Trinajstić information content (AvgIpc) is 3.28. The minimum atomic E-state index is -0.323. The monoisotopic (exact) mass is 466 g/mol. The Hall–Kier alpha value is -3.46. The molecule has 4 aromatic rings. The minimum absolute atomic E-state index is 0.0924. The number of aromatic nitrogens is 3. The molecule has 0 saturated carbocycles. The van der Waals surface area contributed by atoms with Gasteiger partial charge in [0.2, 0.25) is 11.8 Å². The molecule has 0 aliphatic heterocycles. The largest absolute Gasteiger partial charge is 0.444 e. The molecule has 170 valence electrons. The average molecular weight is 467 g/mol. The van der Waals surface area contributed by atoms with Gasteiger partial charge in [-0.1, -0.05) is 30.3 Å². The molecule has 2 aromatic carbocycles. The van der Waals surface area contributed by atoms with E-state index in [0.29, 0.717) is 58.3 Å². The van der Waals surface area contributed by atoms with E-state index in [-0.39, 0.29) is 17.3 Å². The van der Waals surface area contributed by atoms with Crippen LogP contribution in [0.5, 0.6) is 0 Å². The number of thioether (sulfide) groups is 1. The summed E-state index contributed by atoms with van der Waals surface area (Å²) in [4.78, 5) is 33.2. The van der Waals surface area contributed by atoms with E-state index in [0.717, 1.165) is 12.8 Å². The fraction of sp³-hybridized carbons (Fsp3) is 0.250. The van der Waals surface area contributed by atoms with Crippen molar-refractivity contribution in [2.45, 2.75) is 43.1 Å². The summed E-state index contributed by atoms with van der Waals surface area (Å²) in [6.45, 7) is 0.497. The van der Waals surface area contributed by atoms with Crippen molar-refractivity contribution in [2.75, 3.05) is 0 Å². The van der Waals surface area contributed by atoms with Gasteiger partial charge in [-0.25, -0.2) is 14.4 Å². The van der Waals surface area contributed by atoms with Crippen LogP contribution in [0, 0.1) is 5.82 Å². The highest BCUT2D eigenvalue weighted by molar-refractivity contribution is 7.98. The molecule has 1 amide bonds. The molecule has 2 heterocycles. The van der Waals surface area contributed by atoms with Crippen molar-refractivity contribution in [3.63, 3.8) is 0 Å². The SMILES string of the molecule is NC(=O)CCCCCn1c(SCc2coc(-c3ccc(F)cc3)n2)nc2ccccc2c1=O. The van der Waals surface area contributed by atoms with Gasteiger partial charge >= 0.3 is 0 Å². The number of primary amides is 1. The molecule has 0 atom stereocenters. The maximum absolute atomic E-state index is 13.2. The number of nitrogens with zero attached hydrogens (tertiary/aromatic N) is 3. The van der Waals surface area contributed by atoms with Crippen LogP contribution < -0.4 is 11.3 Å². The summed E-state index contributed by atoms with van der Waals surface area (Å²) in [5.41, 5.74) is 7.12. The minimum Gasteiger partial charge on any atom is -0.444 e. The molecule has 0 fully saturated rings. The lowest BCUT2D eigenvalue weighted by Gasteiger charge is -2.12. The third-order valence-electron chi connectivity index (χ3n) is 5.12. The molecule has 4 rings (SSSR count). The summed E-state index contributed by atoms with van der Waals surface area (Å²) in [5.74, 6) is 0.223. The number of hydrogen-bond acceptors (Lipinski definition) is 6. The first-order valence-electron chi connectivity index (χ1n) is 10.6. The van der Waals surface area contributed by atoms with E-state index in [1.54, 1.807) is 29.0 Å². The molecule has 0 saturated heterocycles. The summed E-state index contributed by atoms with van der Waals surface area (Å²) in [6, 6.07) is 13.2. The number of para-hydroxylation sites is 1. The molecule has 0 radical (unpaired) electrons. The summed E-state index contributed by atoms with van der Waals surface area (Å²) in [5, 5.41) is 1.17. The van der Waals surface area contributed by atoms with E-state index in [1.165, 1.54) is 23.9 Å². The normalized spacial score (nSPS) is 11.2. The quantitative estimate of drug-likeness (QED) is 0.209. The summed E-state index contributed by atoms with van der Waals surface area (Å²) in [6.07, 6.45) is 4.11. The molecule has 0 spiro atoms. The molecule has 0 bridgehead atoms. The zero-order valence-electron chi connectivity index (χ0n) is 17.9. The highest BCUT2D eigenvalue weighted by atomic mass is 32.2. The lowest BCUT2D eigenvalue weighted by molar-refractivity contribution is -0.118. The number of hydrogen-bond donors (Lipinski definition) is 1. The fourth-order valence-corrected chi connectivity index (χ4v) is 4.34. The fourth-order valence-electron chi connectivity index (χ4n) is 3.44. The third kappa shape index (κ3) is 5.67. The standard InChI is InChI=1S/C24H23FN4O3S/c25-17-11-9-16(10-12-17)22-27-18(14-32-22)15-33-24-28-20-7-4-3-6-19(20)23(31)29(24)13-5-1-2-8-21(26)30/h3-4,6-7,9-12,14H,1-2,5,8,13,15H2,(H2,26,30). The van der Waals surface area contributed by atoms with E-state index in [4.69, 9.17) is 15.1 Å². The third-order valence-corrected chi connectivity index (χ3v) is 6.13. The van der Waals surface area contributed by atoms with Crippen LogP contribution in [-0.2, 0) is 17.1 Å². The van der Waals surface area contributed by atoms with Gasteiger partial charge in [-0.3, -0.25) is 14.2 Å². The Kier molecular flexibility index (Phi) is 7.19. The number of nitrogens with two attached hydrogens (primary N) is 1. The molecule has 0 unspecified atom stereocenters. The van der Waals surface area contributed by atoms with E-state index in [2.05, 4.69) is 4.98 Å². The predicted molar refractivity (Wildman–Crippen MR) is 125 cm³/mol. The molecule has 7 nitrogen and oxygen atoms in total. The van der Waals surface area contributed by atoms with Crippen LogP contribution >= 0.6 is 11.8 Å². The second kappa shape index (κ2) is 10.4. The van der Waals surface area contributed by atoms with Gasteiger partial charge in [0.15, 0.2) is 5.16 Å². The molecule has 0 aliphatic rings. The van der Waals surface area contributed by atoms with Crippen LogP contribution in [-0.4, -0.2) is 20.4 Å². The number of carbonyl (C=O) groups is 1. The van der Waals surface area contributed by atoms with Crippen molar-refractivity contribution in [1.82, 2.24) is 14.5 Å². The first kappa shape index (κ1) is 22.7. The van der Waals surface area contributed by atoms with Crippen molar-refractivity contribution in [3.8, 4) is 11.5 Å². The number of rotatable bonds is 10. The number of carbonyl (C=O) groups excluding carboxylic acids is 1. The van der Waals surface area contributed by atoms with Crippen LogP contribution in [0.4, 0.5) is 4.39 Å². The molecular formula is C24H23FN4O3S. The van der Waals surface area contributed by atoms with Crippen LogP contribution in [0.2, 0.25) is 0 Å². The summed E-state index contributed by atoms with van der Waals surface area (Å²) >= 11 is 1.40. The van der Waals surface area contributed by atoms with Gasteiger partial charge in [-0.15, -0.1) is 0 Å². The number of halogens is 1. The molecule has 2 aromatic heterocycles. The van der Waals surface area contributed by atoms with Crippen LogP contribution in [0.3, 0.4) is 0 Å². The molecule has 33 heavy (non-hydrogen) atoms. The van der Waals surface area contributed by atoms with Gasteiger partial charge in [-0.05, 0) is 49.2 Å². The summed E-state index contributed by atoms with van der Waals surface area (Å²) < 4.78 is 20.4. The zero-order valence-corrected chi connectivity index (χ0v) is 18.7. The second-order valence-electron chi connectivity index (χ2n) is 7.58. The Balaban J connectivity index is 1.52. The topological polar surface area (TPSA) is 104 Å². The molecule has 9 heteroatoms. The Labute approximate surface area is 193 Å². The van der Waals surface area contributed by atoms with Crippen molar-refractivity contribution in [2.24, 2.45) is 5.73 Å². The number of benzene rings is 2. The maximum atomic E-state index is 13.2. The summed E-state index contributed by atoms with van der Waals surface area (Å²) in [7, 11) is 0. The van der Waals surface area contributed by atoms with E-state index < -0.39 is 0 Å². The Morgan fingerprint density at radius 1 is 1.06 bits per heavy atom. The Morgan fingerprint density at radius 3 is 2.64 bits per heavy atom. The number of fused-ring (bicyclic) bond motifs is 1. The second-order valence-corrected chi connectivity index (χ2v) is 8.53. The zero-order chi connectivity index (χ0) is 23.2. The van der Waals surface area contributed by atoms with Crippen LogP contribution in [0.25, 0.3) is 22.4 Å². The van der Waals surface area contributed by atoms with Gasteiger partial charge in [-0.2, -0.15) is 0 Å². The Morgan fingerprint density at radius 2 is 1.85 bits per heavy atom. The van der Waals surface area contributed by atoms with Crippen molar-refractivity contribution >= 4 is 28.6 Å². The number of unbranched alkanes of at least 4 members (excludes halogenated alkanes) is 2. The first-order valence-corrected chi connectivity index (χ1v) is 11.6. The van der Waals surface area contributed by atoms with Gasteiger partial charge in [0.05, 0.1) is 16.6 Å². The number of oxazole rings is 1. The van der Waals surface area contributed by atoms with Crippen molar-refractivity contribution in [1.29, 1.82) is 0 Å². The first-order chi connectivity index (χ1) is 16.0. The maximum Gasteiger partial charge on any atom is 0.262 e. The lowest BCUT2D eigenvalue weighted by Crippen LogP contribution is -2.23. The van der Waals surface area contributed by atoms with Crippen molar-refractivity contribution < 1.29 is 13.6 Å². The van der Waals surface area contributed by atoms with Crippen molar-refractivity contribution in [3.05, 3.63) is 76.7 Å². The highest BCUT2D eigenvalue weighted by Gasteiger charge is 2.13. The highest BCUT2D eigenvalue weighted by Crippen LogP contribution is 2.25. The molecule has 2 N–H and O–H groups in total. The smallest absolute Gasteiger partial charge is 0.262 e. The Bertz CT molecular complexity index is 1320. The molecular weight excluding hydrogens is 443 g/mol. The van der Waals surface area contributed by atoms with E-state index in [9.17, 15) is 14.0 Å². The van der Waals surface area contributed by atoms with E-state index in [1.807, 2.05) is 18.2 Å². The lowest BCUT2D eigenvalue weighted by atomic mass is 10.2. The molecule has 0 aliphatic carbocycles. The van der Waals surface area contributed by atoms with Crippen LogP contribution in [0.15, 0.2) is 69.2 Å².